The van der Waals surface area contributed by atoms with Crippen molar-refractivity contribution < 1.29 is 10.0 Å². The van der Waals surface area contributed by atoms with Crippen LogP contribution in [0.4, 0.5) is 5.95 Å². The van der Waals surface area contributed by atoms with E-state index in [0.717, 1.165) is 5.52 Å². The first-order valence-corrected chi connectivity index (χ1v) is 8.86. The maximum atomic E-state index is 13.1. The zero-order valence-electron chi connectivity index (χ0n) is 15.0. The Hall–Kier alpha value is -4.11. The van der Waals surface area contributed by atoms with Gasteiger partial charge in [0.2, 0.25) is 17.4 Å². The molecule has 3 N–H and O–H groups in total. The van der Waals surface area contributed by atoms with Crippen LogP contribution < -0.4 is 10.4 Å². The van der Waals surface area contributed by atoms with Crippen LogP contribution in [0, 0.1) is 0 Å². The highest BCUT2D eigenvalue weighted by atomic mass is 16.5. The van der Waals surface area contributed by atoms with Gasteiger partial charge in [-0.05, 0) is 36.4 Å². The number of aromatic amines is 1. The van der Waals surface area contributed by atoms with E-state index in [0.29, 0.717) is 22.0 Å². The molecule has 0 saturated heterocycles. The van der Waals surface area contributed by atoms with Crippen molar-refractivity contribution in [1.82, 2.24) is 25.3 Å². The molecule has 1 aromatic carbocycles. The number of guanidine groups is 1. The number of fused-ring (bicyclic) bond motifs is 1. The summed E-state index contributed by atoms with van der Waals surface area (Å²) < 4.78 is 0. The van der Waals surface area contributed by atoms with E-state index in [1.165, 1.54) is 0 Å². The van der Waals surface area contributed by atoms with E-state index in [2.05, 4.69) is 30.2 Å². The Morgan fingerprint density at radius 1 is 0.897 bits per heavy atom. The van der Waals surface area contributed by atoms with Crippen LogP contribution in [-0.2, 0) is 10.3 Å². The Labute approximate surface area is 164 Å². The Morgan fingerprint density at radius 2 is 1.55 bits per heavy atom. The molecular weight excluding hydrogens is 370 g/mol. The lowest BCUT2D eigenvalue weighted by Crippen LogP contribution is -2.43. The largest absolute Gasteiger partial charge is 0.322 e. The number of anilines is 1. The second-order valence-corrected chi connectivity index (χ2v) is 6.42. The topological polar surface area (TPSA) is 119 Å². The third-order valence-corrected chi connectivity index (χ3v) is 4.68. The third-order valence-electron chi connectivity index (χ3n) is 4.68. The van der Waals surface area contributed by atoms with E-state index >= 15 is 0 Å². The van der Waals surface area contributed by atoms with Crippen molar-refractivity contribution in [2.75, 3.05) is 5.06 Å². The normalized spacial score (nSPS) is 15.2. The number of aromatic nitrogens is 4. The fourth-order valence-corrected chi connectivity index (χ4v) is 3.30. The highest BCUT2D eigenvalue weighted by molar-refractivity contribution is 6.13. The number of hydrogen-bond acceptors (Lipinski definition) is 7. The van der Waals surface area contributed by atoms with Crippen molar-refractivity contribution in [1.29, 1.82) is 0 Å². The molecule has 1 aliphatic heterocycles. The molecule has 0 fully saturated rings. The van der Waals surface area contributed by atoms with Crippen LogP contribution in [-0.4, -0.2) is 37.0 Å². The summed E-state index contributed by atoms with van der Waals surface area (Å²) >= 11 is 0. The Balaban J connectivity index is 1.64. The molecule has 5 rings (SSSR count). The number of nitrogens with zero attached hydrogens (tertiary/aromatic N) is 5. The number of para-hydroxylation sites is 2. The average molecular weight is 385 g/mol. The van der Waals surface area contributed by atoms with E-state index < -0.39 is 11.4 Å². The van der Waals surface area contributed by atoms with Crippen molar-refractivity contribution in [3.63, 3.8) is 0 Å². The number of aliphatic imine (C=N–C) groups is 1. The highest BCUT2D eigenvalue weighted by Gasteiger charge is 2.50. The number of rotatable bonds is 3. The van der Waals surface area contributed by atoms with Crippen molar-refractivity contribution in [2.45, 2.75) is 5.54 Å². The number of benzene rings is 1. The van der Waals surface area contributed by atoms with Gasteiger partial charge in [-0.25, -0.2) is 9.98 Å². The van der Waals surface area contributed by atoms with Gasteiger partial charge in [-0.2, -0.15) is 5.06 Å². The molecule has 0 aliphatic carbocycles. The fourth-order valence-electron chi connectivity index (χ4n) is 3.30. The second-order valence-electron chi connectivity index (χ2n) is 6.42. The first-order chi connectivity index (χ1) is 14.2. The van der Waals surface area contributed by atoms with Crippen LogP contribution in [0.2, 0.25) is 0 Å². The van der Waals surface area contributed by atoms with Crippen LogP contribution in [0.25, 0.3) is 11.0 Å². The highest BCUT2D eigenvalue weighted by Crippen LogP contribution is 2.35. The fraction of sp³-hybridized carbons (Fsp3) is 0.0500. The van der Waals surface area contributed by atoms with Crippen molar-refractivity contribution in [2.24, 2.45) is 4.99 Å². The van der Waals surface area contributed by atoms with E-state index in [-0.39, 0.29) is 11.9 Å². The van der Waals surface area contributed by atoms with Crippen LogP contribution in [0.5, 0.6) is 0 Å². The van der Waals surface area contributed by atoms with Crippen molar-refractivity contribution in [3.8, 4) is 0 Å². The maximum absolute atomic E-state index is 13.1. The molecule has 0 atom stereocenters. The van der Waals surface area contributed by atoms with Gasteiger partial charge in [0, 0.05) is 12.4 Å². The number of carbonyl (C=O) groups excluding carboxylic acids is 1. The predicted molar refractivity (Wildman–Crippen MR) is 105 cm³/mol. The van der Waals surface area contributed by atoms with Crippen molar-refractivity contribution in [3.05, 3.63) is 84.4 Å². The standard InChI is InChI=1S/C20H15N7O2/c28-17-20(15-9-3-5-11-21-15,16-10-4-6-12-22-16)26-19(25-17)27(29)18-23-13-7-1-2-8-14(13)24-18/h1-12,29H,(H,23,24)(H,25,26,28). The molecule has 0 spiro atoms. The van der Waals surface area contributed by atoms with Gasteiger partial charge in [0.25, 0.3) is 5.91 Å². The summed E-state index contributed by atoms with van der Waals surface area (Å²) in [7, 11) is 0. The first-order valence-electron chi connectivity index (χ1n) is 8.86. The molecule has 9 nitrogen and oxygen atoms in total. The molecule has 9 heteroatoms. The zero-order chi connectivity index (χ0) is 19.8. The lowest BCUT2D eigenvalue weighted by molar-refractivity contribution is -0.122. The number of hydroxylamine groups is 1. The van der Waals surface area contributed by atoms with Gasteiger partial charge in [-0.1, -0.05) is 24.3 Å². The minimum Gasteiger partial charge on any atom is -0.322 e. The van der Waals surface area contributed by atoms with Gasteiger partial charge in [0.05, 0.1) is 22.4 Å². The van der Waals surface area contributed by atoms with Gasteiger partial charge < -0.3 is 4.98 Å². The van der Waals surface area contributed by atoms with Gasteiger partial charge in [-0.3, -0.25) is 25.3 Å². The molecule has 4 heterocycles. The van der Waals surface area contributed by atoms with E-state index in [1.54, 1.807) is 48.8 Å². The number of pyridine rings is 2. The smallest absolute Gasteiger partial charge is 0.267 e. The quantitative estimate of drug-likeness (QED) is 0.464. The van der Waals surface area contributed by atoms with Crippen LogP contribution in [0.3, 0.4) is 0 Å². The Morgan fingerprint density at radius 3 is 2.17 bits per heavy atom. The molecule has 0 radical (unpaired) electrons. The Kier molecular flexibility index (Phi) is 3.81. The molecule has 1 amide bonds. The summed E-state index contributed by atoms with van der Waals surface area (Å²) in [5.41, 5.74) is 0.679. The van der Waals surface area contributed by atoms with Gasteiger partial charge in [0.1, 0.15) is 0 Å². The van der Waals surface area contributed by atoms with E-state index in [4.69, 9.17) is 0 Å². The SMILES string of the molecule is O=C1NC(N(O)c2nc3ccccc3[nH]2)=NC1(c1ccccn1)c1ccccn1. The van der Waals surface area contributed by atoms with E-state index in [1.807, 2.05) is 24.3 Å². The molecule has 0 bridgehead atoms. The van der Waals surface area contributed by atoms with Crippen molar-refractivity contribution >= 4 is 28.8 Å². The molecule has 0 saturated carbocycles. The van der Waals surface area contributed by atoms with Gasteiger partial charge in [0.15, 0.2) is 0 Å². The molecule has 142 valence electrons. The summed E-state index contributed by atoms with van der Waals surface area (Å²) in [5, 5.41) is 14.1. The van der Waals surface area contributed by atoms with Gasteiger partial charge in [-0.15, -0.1) is 0 Å². The minimum absolute atomic E-state index is 0.0784. The minimum atomic E-state index is -1.52. The van der Waals surface area contributed by atoms with Crippen LogP contribution in [0.15, 0.2) is 78.0 Å². The predicted octanol–water partition coefficient (Wildman–Crippen LogP) is 1.98. The third kappa shape index (κ3) is 2.64. The maximum Gasteiger partial charge on any atom is 0.267 e. The van der Waals surface area contributed by atoms with E-state index in [9.17, 15) is 10.0 Å². The number of amides is 1. The number of carbonyl (C=O) groups is 1. The number of hydrogen-bond donors (Lipinski definition) is 3. The number of imidazole rings is 1. The summed E-state index contributed by atoms with van der Waals surface area (Å²) in [4.78, 5) is 33.7. The number of H-pyrrole nitrogens is 1. The van der Waals surface area contributed by atoms with Crippen LogP contribution in [0.1, 0.15) is 11.4 Å². The summed E-state index contributed by atoms with van der Waals surface area (Å²) in [6.07, 6.45) is 3.16. The lowest BCUT2D eigenvalue weighted by atomic mass is 9.90. The zero-order valence-corrected chi connectivity index (χ0v) is 15.0. The molecule has 3 aromatic heterocycles. The summed E-state index contributed by atoms with van der Waals surface area (Å²) in [6.45, 7) is 0. The molecule has 4 aromatic rings. The second kappa shape index (κ2) is 6.50. The summed E-state index contributed by atoms with van der Waals surface area (Å²) in [6, 6.07) is 17.8. The van der Waals surface area contributed by atoms with Gasteiger partial charge >= 0.3 is 0 Å². The first kappa shape index (κ1) is 17.0. The van der Waals surface area contributed by atoms with Crippen LogP contribution >= 0.6 is 0 Å². The average Bonchev–Trinajstić information content (AvgIpc) is 3.36. The Bertz CT molecular complexity index is 1150. The molecular formula is C20H15N7O2. The monoisotopic (exact) mass is 385 g/mol. The molecule has 1 aliphatic rings. The molecule has 29 heavy (non-hydrogen) atoms. The summed E-state index contributed by atoms with van der Waals surface area (Å²) in [5.74, 6) is -0.423. The molecule has 0 unspecified atom stereocenters. The number of nitrogens with one attached hydrogen (secondary N) is 2. The lowest BCUT2D eigenvalue weighted by Gasteiger charge is -2.21.